The predicted octanol–water partition coefficient (Wildman–Crippen LogP) is 2.04. The summed E-state index contributed by atoms with van der Waals surface area (Å²) >= 11 is 0. The van der Waals surface area contributed by atoms with Gasteiger partial charge in [0.2, 0.25) is 10.0 Å². The quantitative estimate of drug-likeness (QED) is 0.557. The van der Waals surface area contributed by atoms with E-state index in [9.17, 15) is 17.6 Å². The largest absolute Gasteiger partial charge is 0.349 e. The number of sulfonamides is 1. The number of aryl methyl sites for hydroxylation is 2. The Morgan fingerprint density at radius 2 is 1.77 bits per heavy atom. The molecule has 1 aromatic heterocycles. The Hall–Kier alpha value is -3.11. The average Bonchev–Trinajstić information content (AvgIpc) is 3.09. The molecule has 0 saturated carbocycles. The second kappa shape index (κ2) is 8.72. The molecule has 0 aliphatic carbocycles. The van der Waals surface area contributed by atoms with Crippen LogP contribution < -0.4 is 10.0 Å². The molecule has 1 amide bonds. The summed E-state index contributed by atoms with van der Waals surface area (Å²) in [4.78, 5) is 12.6. The number of benzene rings is 2. The molecule has 0 fully saturated rings. The first-order chi connectivity index (χ1) is 14.2. The van der Waals surface area contributed by atoms with E-state index < -0.39 is 15.9 Å². The highest BCUT2D eigenvalue weighted by Crippen LogP contribution is 2.16. The molecule has 10 heteroatoms. The Kier molecular flexibility index (Phi) is 6.28. The van der Waals surface area contributed by atoms with Gasteiger partial charge in [-0.2, -0.15) is 0 Å². The topological polar surface area (TPSA) is 106 Å². The molecular weight excluding hydrogens is 409 g/mol. The summed E-state index contributed by atoms with van der Waals surface area (Å²) in [5.41, 5.74) is 2.65. The molecule has 0 unspecified atom stereocenters. The Morgan fingerprint density at radius 1 is 1.07 bits per heavy atom. The van der Waals surface area contributed by atoms with Crippen molar-refractivity contribution in [2.75, 3.05) is 13.1 Å². The zero-order chi connectivity index (χ0) is 21.9. The van der Waals surface area contributed by atoms with Crippen LogP contribution in [-0.2, 0) is 10.0 Å². The normalized spacial score (nSPS) is 11.5. The zero-order valence-electron chi connectivity index (χ0n) is 16.8. The zero-order valence-corrected chi connectivity index (χ0v) is 17.6. The van der Waals surface area contributed by atoms with E-state index in [1.54, 1.807) is 26.0 Å². The van der Waals surface area contributed by atoms with Crippen LogP contribution in [0.3, 0.4) is 0 Å². The van der Waals surface area contributed by atoms with Gasteiger partial charge in [0.25, 0.3) is 5.91 Å². The molecular formula is C20H22FN5O3S. The monoisotopic (exact) mass is 431 g/mol. The molecule has 2 aromatic carbocycles. The molecule has 1 heterocycles. The number of halogens is 1. The predicted molar refractivity (Wildman–Crippen MR) is 109 cm³/mol. The van der Waals surface area contributed by atoms with Gasteiger partial charge in [0.15, 0.2) is 5.69 Å². The van der Waals surface area contributed by atoms with E-state index in [4.69, 9.17) is 0 Å². The van der Waals surface area contributed by atoms with Gasteiger partial charge < -0.3 is 5.32 Å². The number of nitrogens with zero attached hydrogens (tertiary/aromatic N) is 3. The number of hydrogen-bond acceptors (Lipinski definition) is 5. The fraction of sp³-hybridized carbons (Fsp3) is 0.250. The van der Waals surface area contributed by atoms with E-state index in [2.05, 4.69) is 20.4 Å². The average molecular weight is 431 g/mol. The standard InChI is InChI=1S/C20H22FN5O3S/c1-13-4-5-14(2)18(12-13)30(28,29)23-11-10-22-20(27)19-15(3)26(25-24-19)17-8-6-16(21)7-9-17/h4-9,12,23H,10-11H2,1-3H3,(H,22,27). The smallest absolute Gasteiger partial charge is 0.273 e. The third kappa shape index (κ3) is 4.71. The Morgan fingerprint density at radius 3 is 2.47 bits per heavy atom. The Balaban J connectivity index is 1.60. The van der Waals surface area contributed by atoms with Crippen LogP contribution in [0.1, 0.15) is 27.3 Å². The maximum Gasteiger partial charge on any atom is 0.273 e. The molecule has 0 atom stereocenters. The van der Waals surface area contributed by atoms with Crippen molar-refractivity contribution in [1.29, 1.82) is 0 Å². The first kappa shape index (κ1) is 21.6. The van der Waals surface area contributed by atoms with Crippen LogP contribution in [0.15, 0.2) is 47.4 Å². The minimum absolute atomic E-state index is 0.0204. The van der Waals surface area contributed by atoms with Gasteiger partial charge in [0.05, 0.1) is 16.3 Å². The van der Waals surface area contributed by atoms with Crippen molar-refractivity contribution in [3.05, 3.63) is 70.8 Å². The highest BCUT2D eigenvalue weighted by Gasteiger charge is 2.19. The van der Waals surface area contributed by atoms with Crippen LogP contribution in [0.5, 0.6) is 0 Å². The van der Waals surface area contributed by atoms with Gasteiger partial charge in [-0.3, -0.25) is 4.79 Å². The number of hydrogen-bond donors (Lipinski definition) is 2. The molecule has 8 nitrogen and oxygen atoms in total. The van der Waals surface area contributed by atoms with Crippen LogP contribution in [0, 0.1) is 26.6 Å². The first-order valence-corrected chi connectivity index (χ1v) is 10.7. The molecule has 0 saturated heterocycles. The SMILES string of the molecule is Cc1ccc(C)c(S(=O)(=O)NCCNC(=O)c2nnn(-c3ccc(F)cc3)c2C)c1. The summed E-state index contributed by atoms with van der Waals surface area (Å²) in [6, 6.07) is 10.8. The molecule has 0 aliphatic heterocycles. The van der Waals surface area contributed by atoms with Crippen molar-refractivity contribution in [2.24, 2.45) is 0 Å². The van der Waals surface area contributed by atoms with Crippen LogP contribution in [0.25, 0.3) is 5.69 Å². The molecule has 0 radical (unpaired) electrons. The second-order valence-electron chi connectivity index (χ2n) is 6.83. The first-order valence-electron chi connectivity index (χ1n) is 9.22. The van der Waals surface area contributed by atoms with E-state index in [0.29, 0.717) is 16.9 Å². The van der Waals surface area contributed by atoms with E-state index in [1.165, 1.54) is 28.9 Å². The molecule has 0 spiro atoms. The lowest BCUT2D eigenvalue weighted by Crippen LogP contribution is -2.35. The highest BCUT2D eigenvalue weighted by atomic mass is 32.2. The number of nitrogens with one attached hydrogen (secondary N) is 2. The van der Waals surface area contributed by atoms with Gasteiger partial charge in [0, 0.05) is 13.1 Å². The minimum atomic E-state index is -3.68. The van der Waals surface area contributed by atoms with Crippen molar-refractivity contribution in [1.82, 2.24) is 25.0 Å². The minimum Gasteiger partial charge on any atom is -0.349 e. The van der Waals surface area contributed by atoms with Crippen molar-refractivity contribution in [3.63, 3.8) is 0 Å². The number of carbonyl (C=O) groups is 1. The number of carbonyl (C=O) groups excluding carboxylic acids is 1. The van der Waals surface area contributed by atoms with E-state index in [-0.39, 0.29) is 29.5 Å². The van der Waals surface area contributed by atoms with Crippen LogP contribution >= 0.6 is 0 Å². The van der Waals surface area contributed by atoms with Crippen molar-refractivity contribution >= 4 is 15.9 Å². The fourth-order valence-electron chi connectivity index (χ4n) is 2.89. The number of amides is 1. The van der Waals surface area contributed by atoms with E-state index in [0.717, 1.165) is 5.56 Å². The van der Waals surface area contributed by atoms with Gasteiger partial charge in [-0.25, -0.2) is 22.2 Å². The second-order valence-corrected chi connectivity index (χ2v) is 8.57. The maximum atomic E-state index is 13.1. The molecule has 158 valence electrons. The lowest BCUT2D eigenvalue weighted by atomic mass is 10.2. The maximum absolute atomic E-state index is 13.1. The van der Waals surface area contributed by atoms with Gasteiger partial charge in [-0.05, 0) is 62.2 Å². The van der Waals surface area contributed by atoms with E-state index >= 15 is 0 Å². The third-order valence-electron chi connectivity index (χ3n) is 4.52. The fourth-order valence-corrected chi connectivity index (χ4v) is 4.25. The van der Waals surface area contributed by atoms with Crippen molar-refractivity contribution in [2.45, 2.75) is 25.7 Å². The summed E-state index contributed by atoms with van der Waals surface area (Å²) in [5.74, 6) is -0.857. The summed E-state index contributed by atoms with van der Waals surface area (Å²) in [6.07, 6.45) is 0. The Bertz CT molecular complexity index is 1170. The van der Waals surface area contributed by atoms with Gasteiger partial charge in [-0.1, -0.05) is 17.3 Å². The van der Waals surface area contributed by atoms with Crippen molar-refractivity contribution in [3.8, 4) is 5.69 Å². The summed E-state index contributed by atoms with van der Waals surface area (Å²) in [6.45, 7) is 5.31. The third-order valence-corrected chi connectivity index (χ3v) is 6.12. The van der Waals surface area contributed by atoms with Gasteiger partial charge in [0.1, 0.15) is 5.82 Å². The van der Waals surface area contributed by atoms with Crippen LogP contribution in [0.2, 0.25) is 0 Å². The van der Waals surface area contributed by atoms with Crippen LogP contribution in [0.4, 0.5) is 4.39 Å². The highest BCUT2D eigenvalue weighted by molar-refractivity contribution is 7.89. The van der Waals surface area contributed by atoms with Crippen molar-refractivity contribution < 1.29 is 17.6 Å². The lowest BCUT2D eigenvalue weighted by Gasteiger charge is -2.10. The van der Waals surface area contributed by atoms with Crippen LogP contribution in [-0.4, -0.2) is 42.4 Å². The van der Waals surface area contributed by atoms with Gasteiger partial charge in [-0.15, -0.1) is 5.10 Å². The van der Waals surface area contributed by atoms with Gasteiger partial charge >= 0.3 is 0 Å². The lowest BCUT2D eigenvalue weighted by molar-refractivity contribution is 0.0948. The molecule has 3 rings (SSSR count). The summed E-state index contributed by atoms with van der Waals surface area (Å²) in [5, 5.41) is 10.4. The molecule has 3 aromatic rings. The summed E-state index contributed by atoms with van der Waals surface area (Å²) in [7, 11) is -3.68. The number of aromatic nitrogens is 3. The molecule has 0 aliphatic rings. The Labute approximate surface area is 174 Å². The van der Waals surface area contributed by atoms with E-state index in [1.807, 2.05) is 13.0 Å². The molecule has 30 heavy (non-hydrogen) atoms. The number of rotatable bonds is 7. The molecule has 2 N–H and O–H groups in total. The summed E-state index contributed by atoms with van der Waals surface area (Å²) < 4.78 is 42.0. The molecule has 0 bridgehead atoms.